The lowest BCUT2D eigenvalue weighted by atomic mass is 9.97. The molecule has 10 heteroatoms. The molecule has 1 amide bonds. The highest BCUT2D eigenvalue weighted by Gasteiger charge is 2.51. The predicted molar refractivity (Wildman–Crippen MR) is 142 cm³/mol. The number of aromatic nitrogens is 1. The summed E-state index contributed by atoms with van der Waals surface area (Å²) in [5, 5.41) is 10.1. The van der Waals surface area contributed by atoms with Crippen LogP contribution < -0.4 is 4.74 Å². The first-order valence-corrected chi connectivity index (χ1v) is 13.3. The molecule has 0 bridgehead atoms. The van der Waals surface area contributed by atoms with E-state index in [9.17, 15) is 19.1 Å². The Hall–Kier alpha value is -3.11. The van der Waals surface area contributed by atoms with E-state index in [1.54, 1.807) is 38.2 Å². The number of ether oxygens (including phenoxy) is 2. The number of carbonyl (C=O) groups excluding carboxylic acids is 2. The number of piperidine rings is 1. The predicted octanol–water partition coefficient (Wildman–Crippen LogP) is 3.87. The molecule has 8 nitrogen and oxygen atoms in total. The van der Waals surface area contributed by atoms with Crippen molar-refractivity contribution in [2.45, 2.75) is 57.3 Å². The Morgan fingerprint density at radius 3 is 2.51 bits per heavy atom. The van der Waals surface area contributed by atoms with Crippen molar-refractivity contribution in [2.24, 2.45) is 5.92 Å². The Kier molecular flexibility index (Phi) is 8.56. The van der Waals surface area contributed by atoms with Gasteiger partial charge in [-0.3, -0.25) is 9.78 Å². The summed E-state index contributed by atoms with van der Waals surface area (Å²) in [6.07, 6.45) is 2.58. The first-order valence-electron chi connectivity index (χ1n) is 13.3. The summed E-state index contributed by atoms with van der Waals surface area (Å²) in [6, 6.07) is 7.67. The maximum absolute atomic E-state index is 15.1. The molecule has 2 aliphatic heterocycles. The zero-order valence-corrected chi connectivity index (χ0v) is 23.0. The number of esters is 1. The molecular formula is C29H37F2N3O5. The van der Waals surface area contributed by atoms with Crippen LogP contribution in [0.4, 0.5) is 8.78 Å². The van der Waals surface area contributed by atoms with Crippen LogP contribution in [0.25, 0.3) is 11.3 Å². The lowest BCUT2D eigenvalue weighted by Gasteiger charge is -2.34. The highest BCUT2D eigenvalue weighted by molar-refractivity contribution is 5.99. The first-order chi connectivity index (χ1) is 18.4. The number of hydrogen-bond donors (Lipinski definition) is 1. The fourth-order valence-electron chi connectivity index (χ4n) is 5.45. The molecule has 2 atom stereocenters. The van der Waals surface area contributed by atoms with Gasteiger partial charge in [0.25, 0.3) is 5.91 Å². The number of halogens is 2. The molecule has 4 rings (SSSR count). The Bertz CT molecular complexity index is 1180. The molecule has 0 spiro atoms. The van der Waals surface area contributed by atoms with E-state index in [4.69, 9.17) is 9.47 Å². The number of likely N-dealkylation sites (tertiary alicyclic amines) is 2. The van der Waals surface area contributed by atoms with E-state index < -0.39 is 35.0 Å². The number of pyridine rings is 1. The highest BCUT2D eigenvalue weighted by atomic mass is 19.1. The largest absolute Gasteiger partial charge is 0.492 e. The van der Waals surface area contributed by atoms with Gasteiger partial charge in [-0.1, -0.05) is 6.07 Å². The van der Waals surface area contributed by atoms with Crippen molar-refractivity contribution in [2.75, 3.05) is 39.9 Å². The number of β-amino-alcohol motifs (C(OH)–C–C–N with tert-alkyl or cyclic N) is 1. The van der Waals surface area contributed by atoms with Gasteiger partial charge in [-0.05, 0) is 76.9 Å². The maximum Gasteiger partial charge on any atom is 0.331 e. The van der Waals surface area contributed by atoms with Crippen molar-refractivity contribution in [1.29, 1.82) is 0 Å². The molecule has 0 saturated carbocycles. The summed E-state index contributed by atoms with van der Waals surface area (Å²) in [5.41, 5.74) is -1.78. The Morgan fingerprint density at radius 1 is 1.21 bits per heavy atom. The number of hydrogen-bond acceptors (Lipinski definition) is 7. The smallest absolute Gasteiger partial charge is 0.331 e. The van der Waals surface area contributed by atoms with E-state index in [0.717, 1.165) is 30.8 Å². The maximum atomic E-state index is 15.1. The second kappa shape index (κ2) is 11.6. The summed E-state index contributed by atoms with van der Waals surface area (Å²) in [5.74, 6) is -1.12. The van der Waals surface area contributed by atoms with Crippen molar-refractivity contribution in [3.8, 4) is 17.0 Å². The van der Waals surface area contributed by atoms with Gasteiger partial charge in [0.15, 0.2) is 0 Å². The van der Waals surface area contributed by atoms with Crippen LogP contribution in [0.2, 0.25) is 0 Å². The second-order valence-corrected chi connectivity index (χ2v) is 11.4. The molecule has 1 aromatic heterocycles. The number of aliphatic hydroxyl groups excluding tert-OH is 1. The highest BCUT2D eigenvalue weighted by Crippen LogP contribution is 2.33. The van der Waals surface area contributed by atoms with Gasteiger partial charge in [-0.25, -0.2) is 13.6 Å². The van der Waals surface area contributed by atoms with Gasteiger partial charge in [0.1, 0.15) is 22.8 Å². The molecule has 3 heterocycles. The number of amides is 1. The van der Waals surface area contributed by atoms with Crippen LogP contribution in [0, 0.1) is 11.7 Å². The third kappa shape index (κ3) is 6.73. The van der Waals surface area contributed by atoms with Crippen LogP contribution >= 0.6 is 0 Å². The molecule has 1 aromatic carbocycles. The normalized spacial score (nSPS) is 22.6. The number of methoxy groups -OCH3 is 1. The van der Waals surface area contributed by atoms with Crippen LogP contribution in [0.15, 0.2) is 36.5 Å². The zero-order chi connectivity index (χ0) is 28.4. The van der Waals surface area contributed by atoms with Crippen molar-refractivity contribution in [3.05, 3.63) is 47.9 Å². The third-order valence-corrected chi connectivity index (χ3v) is 7.52. The Morgan fingerprint density at radius 2 is 1.92 bits per heavy atom. The molecule has 1 N–H and O–H groups in total. The van der Waals surface area contributed by atoms with Gasteiger partial charge < -0.3 is 24.4 Å². The molecule has 2 aliphatic rings. The van der Waals surface area contributed by atoms with Crippen molar-refractivity contribution < 1.29 is 33.0 Å². The van der Waals surface area contributed by atoms with Crippen LogP contribution in [0.5, 0.6) is 5.75 Å². The van der Waals surface area contributed by atoms with Crippen LogP contribution in [-0.2, 0) is 9.53 Å². The quantitative estimate of drug-likeness (QED) is 0.504. The summed E-state index contributed by atoms with van der Waals surface area (Å²) in [4.78, 5) is 33.2. The average molecular weight is 546 g/mol. The summed E-state index contributed by atoms with van der Waals surface area (Å²) in [6.45, 7) is 7.30. The van der Waals surface area contributed by atoms with Gasteiger partial charge >= 0.3 is 5.97 Å². The van der Waals surface area contributed by atoms with Crippen molar-refractivity contribution in [3.63, 3.8) is 0 Å². The fourth-order valence-corrected chi connectivity index (χ4v) is 5.45. The van der Waals surface area contributed by atoms with Crippen LogP contribution in [-0.4, -0.2) is 89.0 Å². The topological polar surface area (TPSA) is 92.2 Å². The SMILES string of the molecule is COC(=O)[C@]1(C)C[C@@H](O)CN1C(=O)c1ccc(-c2ccc(OCC3CCN(CC(C)(C)F)CC3)cn2)cc1F. The molecular weight excluding hydrogens is 508 g/mol. The van der Waals surface area contributed by atoms with E-state index in [1.807, 2.05) is 0 Å². The number of alkyl halides is 1. The Balaban J connectivity index is 1.36. The average Bonchev–Trinajstić information content (AvgIpc) is 3.21. The van der Waals surface area contributed by atoms with E-state index >= 15 is 4.39 Å². The monoisotopic (exact) mass is 545 g/mol. The van der Waals surface area contributed by atoms with Gasteiger partial charge in [-0.2, -0.15) is 0 Å². The van der Waals surface area contributed by atoms with E-state index in [2.05, 4.69) is 9.88 Å². The second-order valence-electron chi connectivity index (χ2n) is 11.4. The van der Waals surface area contributed by atoms with Gasteiger partial charge in [-0.15, -0.1) is 0 Å². The minimum absolute atomic E-state index is 0.0140. The minimum Gasteiger partial charge on any atom is -0.492 e. The fraction of sp³-hybridized carbons (Fsp3) is 0.552. The lowest BCUT2D eigenvalue weighted by Crippen LogP contribution is -2.51. The standard InChI is InChI=1S/C29H37F2N3O5/c1-28(2,31)18-33-11-9-19(10-12-33)17-39-22-6-8-25(32-15-22)20-5-7-23(24(30)13-20)26(36)34-16-21(35)14-29(34,3)27(37)38-4/h5-8,13,15,19,21,35H,9-12,14,16-18H2,1-4H3/t21-,29+/m1/s1. The zero-order valence-electron chi connectivity index (χ0n) is 23.0. The van der Waals surface area contributed by atoms with E-state index in [1.165, 1.54) is 26.2 Å². The Labute approximate surface area is 227 Å². The number of benzene rings is 1. The lowest BCUT2D eigenvalue weighted by molar-refractivity contribution is -0.151. The molecule has 2 fully saturated rings. The van der Waals surface area contributed by atoms with E-state index in [0.29, 0.717) is 36.1 Å². The summed E-state index contributed by atoms with van der Waals surface area (Å²) >= 11 is 0. The van der Waals surface area contributed by atoms with Crippen LogP contribution in [0.1, 0.15) is 50.4 Å². The summed E-state index contributed by atoms with van der Waals surface area (Å²) in [7, 11) is 1.21. The number of nitrogens with zero attached hydrogens (tertiary/aromatic N) is 3. The van der Waals surface area contributed by atoms with E-state index in [-0.39, 0.29) is 18.5 Å². The van der Waals surface area contributed by atoms with Crippen molar-refractivity contribution in [1.82, 2.24) is 14.8 Å². The van der Waals surface area contributed by atoms with Crippen molar-refractivity contribution >= 4 is 11.9 Å². The number of carbonyl (C=O) groups is 2. The molecule has 212 valence electrons. The van der Waals surface area contributed by atoms with Gasteiger partial charge in [0.05, 0.1) is 37.3 Å². The molecule has 39 heavy (non-hydrogen) atoms. The number of rotatable bonds is 8. The molecule has 0 unspecified atom stereocenters. The van der Waals surface area contributed by atoms with Crippen LogP contribution in [0.3, 0.4) is 0 Å². The first kappa shape index (κ1) is 28.9. The summed E-state index contributed by atoms with van der Waals surface area (Å²) < 4.78 is 39.7. The van der Waals surface area contributed by atoms with Gasteiger partial charge in [0.2, 0.25) is 0 Å². The molecule has 0 aliphatic carbocycles. The molecule has 2 aromatic rings. The van der Waals surface area contributed by atoms with Gasteiger partial charge in [0, 0.05) is 25.1 Å². The molecule has 0 radical (unpaired) electrons. The minimum atomic E-state index is -1.38. The third-order valence-electron chi connectivity index (χ3n) is 7.52. The number of aliphatic hydroxyl groups is 1. The molecule has 2 saturated heterocycles.